The summed E-state index contributed by atoms with van der Waals surface area (Å²) in [6, 6.07) is 1.73. The van der Waals surface area contributed by atoms with Crippen LogP contribution in [0.5, 0.6) is 0 Å². The van der Waals surface area contributed by atoms with Crippen LogP contribution in [0.3, 0.4) is 0 Å². The third kappa shape index (κ3) is 4.45. The van der Waals surface area contributed by atoms with Crippen molar-refractivity contribution in [1.82, 2.24) is 0 Å². The van der Waals surface area contributed by atoms with E-state index in [-0.39, 0.29) is 12.0 Å². The lowest BCUT2D eigenvalue weighted by Crippen LogP contribution is -2.09. The molecule has 0 saturated heterocycles. The zero-order valence-electron chi connectivity index (χ0n) is 9.52. The molecule has 0 aliphatic heterocycles. The minimum Gasteiger partial charge on any atom is -0.294 e. The highest BCUT2D eigenvalue weighted by Gasteiger charge is 2.35. The topological polar surface area (TPSA) is 17.1 Å². The van der Waals surface area contributed by atoms with Gasteiger partial charge in [0.25, 0.3) is 0 Å². The van der Waals surface area contributed by atoms with E-state index in [1.807, 2.05) is 0 Å². The summed E-state index contributed by atoms with van der Waals surface area (Å²) in [5.74, 6) is -0.638. The van der Waals surface area contributed by atoms with Gasteiger partial charge in [-0.05, 0) is 30.0 Å². The molecule has 0 aliphatic carbocycles. The van der Waals surface area contributed by atoms with Gasteiger partial charge in [-0.25, -0.2) is 0 Å². The number of halogens is 6. The molecule has 0 aliphatic rings. The van der Waals surface area contributed by atoms with Crippen LogP contribution in [0, 0.1) is 0 Å². The van der Waals surface area contributed by atoms with Gasteiger partial charge in [-0.3, -0.25) is 4.79 Å². The molecule has 0 heterocycles. The van der Waals surface area contributed by atoms with E-state index in [1.165, 1.54) is 6.92 Å². The Morgan fingerprint density at radius 1 is 1.16 bits per heavy atom. The van der Waals surface area contributed by atoms with Crippen molar-refractivity contribution in [2.24, 2.45) is 0 Å². The lowest BCUT2D eigenvalue weighted by Gasteiger charge is -2.13. The predicted molar refractivity (Wildman–Crippen MR) is 58.0 cm³/mol. The minimum absolute atomic E-state index is 0.0865. The van der Waals surface area contributed by atoms with E-state index in [2.05, 4.69) is 0 Å². The highest BCUT2D eigenvalue weighted by Crippen LogP contribution is 2.41. The number of hydrogen-bond acceptors (Lipinski definition) is 2. The monoisotopic (exact) mass is 302 g/mol. The van der Waals surface area contributed by atoms with Crippen LogP contribution in [0.1, 0.15) is 29.3 Å². The molecule has 1 aromatic rings. The van der Waals surface area contributed by atoms with E-state index >= 15 is 0 Å². The van der Waals surface area contributed by atoms with Gasteiger partial charge < -0.3 is 0 Å². The van der Waals surface area contributed by atoms with Gasteiger partial charge in [-0.1, -0.05) is 6.92 Å². The molecule has 1 rings (SSSR count). The summed E-state index contributed by atoms with van der Waals surface area (Å²) >= 11 is -0.719. The van der Waals surface area contributed by atoms with Crippen molar-refractivity contribution in [2.45, 2.75) is 29.9 Å². The maximum Gasteiger partial charge on any atom is 0.446 e. The van der Waals surface area contributed by atoms with Gasteiger partial charge in [0.1, 0.15) is 0 Å². The Balaban J connectivity index is 3.30. The van der Waals surface area contributed by atoms with E-state index in [4.69, 9.17) is 0 Å². The van der Waals surface area contributed by atoms with E-state index in [0.717, 1.165) is 6.07 Å². The molecule has 0 bridgehead atoms. The smallest absolute Gasteiger partial charge is 0.294 e. The molecule has 0 amide bonds. The molecule has 0 fully saturated rings. The maximum atomic E-state index is 12.4. The van der Waals surface area contributed by atoms with E-state index in [1.54, 1.807) is 0 Å². The fourth-order valence-corrected chi connectivity index (χ4v) is 2.06. The Morgan fingerprint density at radius 3 is 2.16 bits per heavy atom. The van der Waals surface area contributed by atoms with Gasteiger partial charge in [-0.2, -0.15) is 26.3 Å². The molecule has 0 radical (unpaired) electrons. The molecule has 0 atom stereocenters. The summed E-state index contributed by atoms with van der Waals surface area (Å²) in [5, 5.41) is 0. The van der Waals surface area contributed by atoms with Gasteiger partial charge in [-0.15, -0.1) is 0 Å². The Bertz CT molecular complexity index is 477. The minimum atomic E-state index is -4.76. The Kier molecular flexibility index (Phi) is 4.54. The molecule has 0 saturated carbocycles. The predicted octanol–water partition coefficient (Wildman–Crippen LogP) is 4.91. The van der Waals surface area contributed by atoms with Crippen molar-refractivity contribution < 1.29 is 31.1 Å². The van der Waals surface area contributed by atoms with Gasteiger partial charge in [0.15, 0.2) is 5.78 Å². The normalized spacial score (nSPS) is 12.6. The second-order valence-corrected chi connectivity index (χ2v) is 4.64. The summed E-state index contributed by atoms with van der Waals surface area (Å²) in [6.45, 7) is 1.42. The number of benzene rings is 1. The summed E-state index contributed by atoms with van der Waals surface area (Å²) in [5.41, 5.74) is -6.32. The molecule has 1 nitrogen and oxygen atoms in total. The van der Waals surface area contributed by atoms with Crippen LogP contribution >= 0.6 is 11.8 Å². The molecule has 0 spiro atoms. The van der Waals surface area contributed by atoms with Gasteiger partial charge in [0.05, 0.1) is 5.56 Å². The van der Waals surface area contributed by atoms with Gasteiger partial charge in [0, 0.05) is 16.9 Å². The second kappa shape index (κ2) is 5.44. The molecule has 19 heavy (non-hydrogen) atoms. The second-order valence-electron chi connectivity index (χ2n) is 3.53. The quantitative estimate of drug-likeness (QED) is 0.448. The Labute approximate surface area is 109 Å². The van der Waals surface area contributed by atoms with E-state index in [9.17, 15) is 31.1 Å². The van der Waals surface area contributed by atoms with E-state index in [0.29, 0.717) is 12.1 Å². The summed E-state index contributed by atoms with van der Waals surface area (Å²) < 4.78 is 74.2. The van der Waals surface area contributed by atoms with Crippen molar-refractivity contribution >= 4 is 17.5 Å². The summed E-state index contributed by atoms with van der Waals surface area (Å²) in [6.07, 6.45) is -4.84. The van der Waals surface area contributed by atoms with Crippen LogP contribution < -0.4 is 0 Å². The largest absolute Gasteiger partial charge is 0.446 e. The van der Waals surface area contributed by atoms with Crippen molar-refractivity contribution in [1.29, 1.82) is 0 Å². The first-order valence-electron chi connectivity index (χ1n) is 5.04. The molecule has 8 heteroatoms. The lowest BCUT2D eigenvalue weighted by atomic mass is 10.1. The zero-order valence-corrected chi connectivity index (χ0v) is 10.3. The number of ketones is 1. The number of hydrogen-bond donors (Lipinski definition) is 0. The maximum absolute atomic E-state index is 12.4. The third-order valence-corrected chi connectivity index (χ3v) is 2.95. The fourth-order valence-electron chi connectivity index (χ4n) is 1.33. The highest BCUT2D eigenvalue weighted by molar-refractivity contribution is 8.00. The molecular formula is C11H8F6OS. The van der Waals surface area contributed by atoms with Crippen molar-refractivity contribution in [3.8, 4) is 0 Å². The fraction of sp³-hybridized carbons (Fsp3) is 0.364. The van der Waals surface area contributed by atoms with E-state index < -0.39 is 39.7 Å². The molecule has 0 aromatic heterocycles. The number of thioether (sulfide) groups is 1. The van der Waals surface area contributed by atoms with Crippen LogP contribution in [0.4, 0.5) is 26.3 Å². The number of carbonyl (C=O) groups is 1. The molecular weight excluding hydrogens is 294 g/mol. The number of Topliss-reactive ketones (excluding diaryl/α,β-unsaturated/α-hetero) is 1. The SMILES string of the molecule is CCC(=O)c1ccc(C(F)(F)F)cc1SC(F)(F)F. The molecule has 106 valence electrons. The van der Waals surface area contributed by atoms with Crippen LogP contribution in [0.25, 0.3) is 0 Å². The van der Waals surface area contributed by atoms with Crippen LogP contribution in [0.15, 0.2) is 23.1 Å². The first-order chi connectivity index (χ1) is 8.54. The number of carbonyl (C=O) groups excluding carboxylic acids is 1. The Hall–Kier alpha value is -1.18. The summed E-state index contributed by atoms with van der Waals surface area (Å²) in [7, 11) is 0. The first kappa shape index (κ1) is 15.9. The average Bonchev–Trinajstić information content (AvgIpc) is 2.24. The average molecular weight is 302 g/mol. The van der Waals surface area contributed by atoms with Crippen LogP contribution in [0.2, 0.25) is 0 Å². The standard InChI is InChI=1S/C11H8F6OS/c1-2-8(18)7-4-3-6(10(12,13)14)5-9(7)19-11(15,16)17/h3-5H,2H2,1H3. The highest BCUT2D eigenvalue weighted by atomic mass is 32.2. The van der Waals surface area contributed by atoms with Gasteiger partial charge >= 0.3 is 11.7 Å². The third-order valence-electron chi connectivity index (χ3n) is 2.16. The first-order valence-corrected chi connectivity index (χ1v) is 5.86. The number of rotatable bonds is 3. The van der Waals surface area contributed by atoms with Crippen molar-refractivity contribution in [2.75, 3.05) is 0 Å². The summed E-state index contributed by atoms with van der Waals surface area (Å²) in [4.78, 5) is 10.7. The molecule has 1 aromatic carbocycles. The van der Waals surface area contributed by atoms with Gasteiger partial charge in [0.2, 0.25) is 0 Å². The zero-order chi connectivity index (χ0) is 14.8. The van der Waals surface area contributed by atoms with Crippen LogP contribution in [-0.4, -0.2) is 11.3 Å². The molecule has 0 unspecified atom stereocenters. The number of alkyl halides is 6. The van der Waals surface area contributed by atoms with Crippen molar-refractivity contribution in [3.63, 3.8) is 0 Å². The lowest BCUT2D eigenvalue weighted by molar-refractivity contribution is -0.137. The Morgan fingerprint density at radius 2 is 1.74 bits per heavy atom. The van der Waals surface area contributed by atoms with Crippen LogP contribution in [-0.2, 0) is 6.18 Å². The molecule has 0 N–H and O–H groups in total. The van der Waals surface area contributed by atoms with Crippen molar-refractivity contribution in [3.05, 3.63) is 29.3 Å².